The molecule has 4 N–H and O–H groups in total. The van der Waals surface area contributed by atoms with E-state index in [1.807, 2.05) is 0 Å². The zero-order chi connectivity index (χ0) is 49.8. The van der Waals surface area contributed by atoms with Crippen molar-refractivity contribution in [2.24, 2.45) is 0 Å². The van der Waals surface area contributed by atoms with Crippen LogP contribution >= 0.6 is 11.8 Å². The van der Waals surface area contributed by atoms with Crippen molar-refractivity contribution in [3.05, 3.63) is 35.3 Å². The van der Waals surface area contributed by atoms with E-state index < -0.39 is 155 Å². The van der Waals surface area contributed by atoms with Gasteiger partial charge in [0.15, 0.2) is 35.2 Å². The number of aliphatic hydroxyl groups is 3. The van der Waals surface area contributed by atoms with Crippen LogP contribution in [0, 0.1) is 11.6 Å². The fourth-order valence-electron chi connectivity index (χ4n) is 2.80. The normalized spacial score (nSPS) is 55.8. The molecule has 10 nitrogen and oxygen atoms in total. The van der Waals surface area contributed by atoms with Crippen molar-refractivity contribution < 1.29 is 63.2 Å². The maximum atomic E-state index is 14.8. The summed E-state index contributed by atoms with van der Waals surface area (Å²) in [6.07, 6.45) is -25.4. The molecule has 2 fully saturated rings. The van der Waals surface area contributed by atoms with Crippen molar-refractivity contribution in [1.82, 2.24) is 25.0 Å². The van der Waals surface area contributed by atoms with E-state index in [1.54, 1.807) is 0 Å². The third kappa shape index (κ3) is 4.90. The summed E-state index contributed by atoms with van der Waals surface area (Å²) >= 11 is -0.587. The Hall–Kier alpha value is -2.45. The van der Waals surface area contributed by atoms with E-state index in [1.165, 1.54) is 0 Å². The van der Waals surface area contributed by atoms with Gasteiger partial charge in [0, 0.05) is 40.4 Å². The molecule has 13 heteroatoms. The molecule has 0 bridgehead atoms. The summed E-state index contributed by atoms with van der Waals surface area (Å²) in [6.45, 7) is -12.1. The van der Waals surface area contributed by atoms with Gasteiger partial charge in [-0.25, -0.2) is 23.4 Å². The van der Waals surface area contributed by atoms with E-state index in [4.69, 9.17) is 37.2 Å². The number of nitrogens with zero attached hydrogens (tertiary/aromatic N) is 5. The molecule has 0 spiro atoms. The number of ether oxygens (including phenoxy) is 1. The van der Waals surface area contributed by atoms with E-state index in [-0.39, 0.29) is 4.68 Å². The number of halogens is 2. The minimum absolute atomic E-state index is 0.355. The Kier molecular flexibility index (Phi) is 2.41. The minimum atomic E-state index is -4.55. The maximum Gasteiger partial charge on any atom is 0.211 e. The summed E-state index contributed by atoms with van der Waals surface area (Å²) in [5.41, 5.74) is -7.94. The van der Waals surface area contributed by atoms with E-state index in [0.29, 0.717) is 0 Å². The van der Waals surface area contributed by atoms with Gasteiger partial charge in [0.2, 0.25) is 4.29 Å². The molecule has 194 valence electrons. The lowest BCUT2D eigenvalue weighted by Gasteiger charge is -2.17. The topological polar surface area (TPSA) is 138 Å². The molecule has 2 saturated carbocycles. The van der Waals surface area contributed by atoms with Gasteiger partial charge in [0.25, 0.3) is 0 Å². The van der Waals surface area contributed by atoms with Gasteiger partial charge in [-0.2, -0.15) is 0 Å². The monoisotopic (exact) mass is 550 g/mol. The van der Waals surface area contributed by atoms with Crippen LogP contribution in [-0.2, 0) is 4.74 Å². The molecule has 0 saturated heterocycles. The van der Waals surface area contributed by atoms with Crippen LogP contribution in [0.15, 0.2) is 23.3 Å². The van der Waals surface area contributed by atoms with Gasteiger partial charge in [-0.05, 0) is 30.4 Å². The summed E-state index contributed by atoms with van der Waals surface area (Å²) in [5.74, 6) is -9.33. The lowest BCUT2D eigenvalue weighted by atomic mass is 10.1. The molecule has 3 aromatic rings. The molecule has 1 aromatic carbocycles. The molecule has 2 aliphatic rings. The van der Waals surface area contributed by atoms with E-state index in [0.717, 1.165) is 0 Å². The summed E-state index contributed by atoms with van der Waals surface area (Å²) in [6, 6.07) is -12.9. The second-order valence-electron chi connectivity index (χ2n) is 6.44. The van der Waals surface area contributed by atoms with Crippen LogP contribution in [0.1, 0.15) is 76.3 Å². The number of fused-ring (bicyclic) bond motifs is 1. The van der Waals surface area contributed by atoms with Crippen LogP contribution in [0.2, 0.25) is 1.41 Å². The Labute approximate surface area is 249 Å². The molecular formula is C23H28F2N6O4S. The van der Waals surface area contributed by atoms with Gasteiger partial charge in [-0.15, -0.1) is 5.10 Å². The summed E-state index contributed by atoms with van der Waals surface area (Å²) < 4.78 is 264. The van der Waals surface area contributed by atoms with Crippen molar-refractivity contribution in [1.29, 1.82) is 4.29 Å². The Morgan fingerprint density at radius 1 is 1.39 bits per heavy atom. The van der Waals surface area contributed by atoms with Crippen LogP contribution < -0.4 is 5.31 Å². The minimum Gasteiger partial charge on any atom is -0.394 e. The first-order chi connectivity index (χ1) is 28.5. The molecule has 0 radical (unpaired) electrons. The zero-order valence-electron chi connectivity index (χ0n) is 45.0. The largest absolute Gasteiger partial charge is 0.394 e. The predicted molar refractivity (Wildman–Crippen MR) is 128 cm³/mol. The van der Waals surface area contributed by atoms with Crippen LogP contribution in [0.3, 0.4) is 0 Å². The Morgan fingerprint density at radius 2 is 2.31 bits per heavy atom. The number of thioether (sulfide) groups is 1. The lowest BCUT2D eigenvalue weighted by molar-refractivity contribution is -0.0629. The molecule has 6 atom stereocenters. The van der Waals surface area contributed by atoms with Gasteiger partial charge in [0.05, 0.1) is 41.7 Å². The molecule has 2 aromatic heterocycles. The highest BCUT2D eigenvalue weighted by Crippen LogP contribution is 2.44. The Balaban J connectivity index is 1.90. The number of hydrogen-bond donors (Lipinski definition) is 4. The van der Waals surface area contributed by atoms with Crippen LogP contribution in [0.5, 0.6) is 0 Å². The van der Waals surface area contributed by atoms with E-state index in [2.05, 4.69) is 40.3 Å². The van der Waals surface area contributed by atoms with Crippen molar-refractivity contribution in [2.75, 3.05) is 24.1 Å². The molecule has 5 rings (SSSR count). The van der Waals surface area contributed by atoms with Crippen molar-refractivity contribution in [3.8, 4) is 0 Å². The van der Waals surface area contributed by atoms with Crippen LogP contribution in [-0.4, -0.2) is 87.7 Å². The second kappa shape index (κ2) is 10.5. The van der Waals surface area contributed by atoms with Crippen molar-refractivity contribution in [3.63, 3.8) is 0 Å². The van der Waals surface area contributed by atoms with Gasteiger partial charge in [-0.3, -0.25) is 0 Å². The second-order valence-corrected chi connectivity index (χ2v) is 7.21. The van der Waals surface area contributed by atoms with E-state index in [9.17, 15) is 10.2 Å². The zero-order valence-corrected chi connectivity index (χ0v) is 17.8. The SMILES string of the molecule is [2H]OC([2H])([2H])C([2H])([2H])O[C@@]1([2H])C([2H])([2H])[C@@]([2H])(n2nnc3c(N([2H])[C@@]4([2H])C([2H])([2H])C4([2H])c4c([2H])c([2H])c(F)c(F)c4[2H])nc(SC([2H])([2H])C([2H])([2H])C([2H])([2H])[2H])nc32)[C@]([2H])(O[2H])[C@]1([2H])O[2H]. The van der Waals surface area contributed by atoms with Crippen LogP contribution in [0.25, 0.3) is 11.2 Å². The average Bonchev–Trinajstić information content (AvgIpc) is 3.44. The lowest BCUT2D eigenvalue weighted by Crippen LogP contribution is -2.33. The van der Waals surface area contributed by atoms with Crippen molar-refractivity contribution in [2.45, 2.75) is 67.3 Å². The average molecular weight is 551 g/mol. The highest BCUT2D eigenvalue weighted by atomic mass is 32.2. The van der Waals surface area contributed by atoms with Gasteiger partial charge in [-0.1, -0.05) is 29.9 Å². The summed E-state index contributed by atoms with van der Waals surface area (Å²) in [4.78, 5) is 7.48. The molecular weight excluding hydrogens is 494 g/mol. The Bertz CT molecular complexity index is 2370. The smallest absolute Gasteiger partial charge is 0.211 e. The third-order valence-electron chi connectivity index (χ3n) is 4.33. The van der Waals surface area contributed by atoms with Gasteiger partial charge >= 0.3 is 0 Å². The van der Waals surface area contributed by atoms with Gasteiger partial charge < -0.3 is 25.4 Å². The molecule has 36 heavy (non-hydrogen) atoms. The number of nitrogens with one attached hydrogen (secondary N) is 1. The highest BCUT2D eigenvalue weighted by molar-refractivity contribution is 7.99. The highest BCUT2D eigenvalue weighted by Gasteiger charge is 2.45. The molecule has 2 aliphatic carbocycles. The predicted octanol–water partition coefficient (Wildman–Crippen LogP) is 2.01. The van der Waals surface area contributed by atoms with Gasteiger partial charge in [0.1, 0.15) is 12.2 Å². The fourth-order valence-corrected chi connectivity index (χ4v) is 3.21. The quantitative estimate of drug-likeness (QED) is 0.185. The summed E-state index contributed by atoms with van der Waals surface area (Å²) in [5, 5.41) is 17.1. The maximum absolute atomic E-state index is 14.8. The number of rotatable bonds is 13. The van der Waals surface area contributed by atoms with E-state index >= 15 is 0 Å². The number of hydrogen-bond acceptors (Lipinski definition) is 10. The summed E-state index contributed by atoms with van der Waals surface area (Å²) in [7, 11) is 0. The number of anilines is 1. The molecule has 0 aliphatic heterocycles. The molecule has 0 amide bonds. The first kappa shape index (κ1) is 8.27. The molecule has 1 unspecified atom stereocenters. The standard InChI is InChI=1S/C23H28F2N6O4S/c1-2-7-36-23-27-21(26-15-9-12(15)11-3-4-13(24)14(25)8-11)18-22(28-23)31(30-29-18)16-10-17(35-6-5-32)20(34)19(16)33/h3-4,8,12,15-17,19-20,32-34H,2,5-7,9-10H2,1H3,(H,26,27,28)/t12?,15-,16+,17-,19-,20+/m0/s1/i1D3,2D2,3D,4D,5D2,6D2,7D2,8D,9D2,10D2,12D,15D,16D,17D,19D,20D,32D,33D,34D/hD. The fraction of sp³-hybridized carbons (Fsp3) is 0.565. The number of benzene rings is 1. The Morgan fingerprint density at radius 3 is 3.14 bits per heavy atom. The number of aromatic nitrogens is 5. The first-order valence-corrected chi connectivity index (χ1v) is 10.0. The molecule has 2 heterocycles. The van der Waals surface area contributed by atoms with Crippen molar-refractivity contribution >= 4 is 28.7 Å². The third-order valence-corrected chi connectivity index (χ3v) is 4.90. The van der Waals surface area contributed by atoms with Crippen LogP contribution in [0.4, 0.5) is 14.6 Å². The first-order valence-electron chi connectivity index (χ1n) is 22.9.